The third-order valence-corrected chi connectivity index (χ3v) is 3.70. The molecule has 0 amide bonds. The molecule has 1 aromatic heterocycles. The van der Waals surface area contributed by atoms with Gasteiger partial charge in [-0.2, -0.15) is 4.98 Å². The molecular weight excluding hydrogens is 330 g/mol. The average molecular weight is 350 g/mol. The Balaban J connectivity index is 2.17. The molecule has 0 unspecified atom stereocenters. The van der Waals surface area contributed by atoms with Gasteiger partial charge in [0.1, 0.15) is 18.2 Å². The number of ether oxygens (including phenoxy) is 1. The van der Waals surface area contributed by atoms with E-state index in [0.717, 1.165) is 28.2 Å². The summed E-state index contributed by atoms with van der Waals surface area (Å²) in [6, 6.07) is 9.85. The van der Waals surface area contributed by atoms with Gasteiger partial charge in [-0.25, -0.2) is 4.98 Å². The summed E-state index contributed by atoms with van der Waals surface area (Å²) in [4.78, 5) is 8.95. The fraction of sp³-hybridized carbons (Fsp3) is 0.375. The molecule has 0 spiro atoms. The Bertz CT molecular complexity index is 602. The number of anilines is 1. The monoisotopic (exact) mass is 349 g/mol. The van der Waals surface area contributed by atoms with Crippen molar-refractivity contribution in [1.29, 1.82) is 0 Å². The second-order valence-corrected chi connectivity index (χ2v) is 5.87. The zero-order chi connectivity index (χ0) is 15.2. The Kier molecular flexibility index (Phi) is 5.56. The van der Waals surface area contributed by atoms with Gasteiger partial charge in [0, 0.05) is 28.6 Å². The summed E-state index contributed by atoms with van der Waals surface area (Å²) >= 11 is 3.52. The largest absolute Gasteiger partial charge is 0.473 e. The minimum atomic E-state index is 0.259. The van der Waals surface area contributed by atoms with Crippen molar-refractivity contribution in [2.45, 2.75) is 33.3 Å². The maximum Gasteiger partial charge on any atom is 0.219 e. The first-order valence-electron chi connectivity index (χ1n) is 7.09. The average Bonchev–Trinajstić information content (AvgIpc) is 2.46. The van der Waals surface area contributed by atoms with E-state index in [2.05, 4.69) is 45.1 Å². The van der Waals surface area contributed by atoms with Crippen LogP contribution in [-0.4, -0.2) is 16.5 Å². The lowest BCUT2D eigenvalue weighted by Crippen LogP contribution is -2.07. The van der Waals surface area contributed by atoms with Crippen LogP contribution >= 0.6 is 15.9 Å². The molecule has 2 aromatic rings. The van der Waals surface area contributed by atoms with E-state index in [1.807, 2.05) is 37.3 Å². The molecule has 0 bridgehead atoms. The van der Waals surface area contributed by atoms with Crippen LogP contribution in [-0.2, 0) is 6.61 Å². The van der Waals surface area contributed by atoms with Gasteiger partial charge >= 0.3 is 0 Å². The van der Waals surface area contributed by atoms with Gasteiger partial charge in [-0.1, -0.05) is 48.0 Å². The van der Waals surface area contributed by atoms with E-state index in [1.165, 1.54) is 0 Å². The number of halogens is 1. The van der Waals surface area contributed by atoms with Gasteiger partial charge in [-0.15, -0.1) is 0 Å². The van der Waals surface area contributed by atoms with Crippen LogP contribution in [0.2, 0.25) is 0 Å². The number of aromatic nitrogens is 2. The number of hydrogen-bond acceptors (Lipinski definition) is 4. The second kappa shape index (κ2) is 7.41. The number of rotatable bonds is 6. The third-order valence-electron chi connectivity index (χ3n) is 2.93. The van der Waals surface area contributed by atoms with Gasteiger partial charge in [0.15, 0.2) is 0 Å². The predicted molar refractivity (Wildman–Crippen MR) is 88.8 cm³/mol. The van der Waals surface area contributed by atoms with Crippen molar-refractivity contribution < 1.29 is 4.74 Å². The summed E-state index contributed by atoms with van der Waals surface area (Å²) in [6.45, 7) is 7.48. The minimum Gasteiger partial charge on any atom is -0.473 e. The van der Waals surface area contributed by atoms with Crippen LogP contribution in [0.5, 0.6) is 5.88 Å². The Morgan fingerprint density at radius 2 is 2.00 bits per heavy atom. The molecule has 0 aliphatic rings. The lowest BCUT2D eigenvalue weighted by atomic mass is 10.2. The van der Waals surface area contributed by atoms with Crippen LogP contribution in [0, 0.1) is 0 Å². The Morgan fingerprint density at radius 1 is 1.24 bits per heavy atom. The fourth-order valence-electron chi connectivity index (χ4n) is 1.81. The number of nitrogens with one attached hydrogen (secondary N) is 1. The molecule has 0 aliphatic heterocycles. The highest BCUT2D eigenvalue weighted by Gasteiger charge is 2.09. The van der Waals surface area contributed by atoms with Crippen molar-refractivity contribution in [3.63, 3.8) is 0 Å². The quantitative estimate of drug-likeness (QED) is 0.840. The molecule has 4 nitrogen and oxygen atoms in total. The van der Waals surface area contributed by atoms with Crippen LogP contribution in [0.1, 0.15) is 38.1 Å². The van der Waals surface area contributed by atoms with E-state index in [-0.39, 0.29) is 5.92 Å². The summed E-state index contributed by atoms with van der Waals surface area (Å²) in [6.07, 6.45) is 0. The molecule has 0 fully saturated rings. The van der Waals surface area contributed by atoms with Crippen LogP contribution in [0.3, 0.4) is 0 Å². The lowest BCUT2D eigenvalue weighted by Gasteiger charge is -2.12. The Hall–Kier alpha value is -1.62. The molecule has 1 aromatic carbocycles. The van der Waals surface area contributed by atoms with Crippen molar-refractivity contribution in [2.24, 2.45) is 0 Å². The smallest absolute Gasteiger partial charge is 0.219 e. The molecule has 0 aliphatic carbocycles. The maximum absolute atomic E-state index is 5.83. The molecule has 1 heterocycles. The summed E-state index contributed by atoms with van der Waals surface area (Å²) in [7, 11) is 0. The van der Waals surface area contributed by atoms with Gasteiger partial charge in [-0.05, 0) is 13.0 Å². The molecule has 0 saturated heterocycles. The normalized spacial score (nSPS) is 10.7. The molecule has 112 valence electrons. The predicted octanol–water partition coefficient (Wildman–Crippen LogP) is 4.37. The first kappa shape index (κ1) is 15.8. The molecular formula is C16H20BrN3O. The second-order valence-electron chi connectivity index (χ2n) is 5.01. The summed E-state index contributed by atoms with van der Waals surface area (Å²) < 4.78 is 6.87. The standard InChI is InChI=1S/C16H20BrN3O/c1-4-18-14-9-15(20-16(19-14)11(2)3)21-10-12-7-5-6-8-13(12)17/h5-9,11H,4,10H2,1-3H3,(H,18,19,20). The first-order chi connectivity index (χ1) is 10.1. The van der Waals surface area contributed by atoms with Crippen LogP contribution in [0.25, 0.3) is 0 Å². The molecule has 0 radical (unpaired) electrons. The molecule has 21 heavy (non-hydrogen) atoms. The fourth-order valence-corrected chi connectivity index (χ4v) is 2.21. The third kappa shape index (κ3) is 4.43. The SMILES string of the molecule is CCNc1cc(OCc2ccccc2Br)nc(C(C)C)n1. The lowest BCUT2D eigenvalue weighted by molar-refractivity contribution is 0.291. The summed E-state index contributed by atoms with van der Waals surface area (Å²) in [5.41, 5.74) is 1.09. The van der Waals surface area contributed by atoms with Gasteiger partial charge in [0.2, 0.25) is 5.88 Å². The minimum absolute atomic E-state index is 0.259. The summed E-state index contributed by atoms with van der Waals surface area (Å²) in [5, 5.41) is 3.21. The topological polar surface area (TPSA) is 47.0 Å². The van der Waals surface area contributed by atoms with Crippen LogP contribution in [0.4, 0.5) is 5.82 Å². The first-order valence-corrected chi connectivity index (χ1v) is 7.88. The van der Waals surface area contributed by atoms with Crippen molar-refractivity contribution in [2.75, 3.05) is 11.9 Å². The van der Waals surface area contributed by atoms with Crippen molar-refractivity contribution >= 4 is 21.7 Å². The number of hydrogen-bond donors (Lipinski definition) is 1. The van der Waals surface area contributed by atoms with Crippen molar-refractivity contribution in [3.05, 3.63) is 46.2 Å². The molecule has 0 saturated carbocycles. The van der Waals surface area contributed by atoms with Crippen molar-refractivity contribution in [3.8, 4) is 5.88 Å². The number of nitrogens with zero attached hydrogens (tertiary/aromatic N) is 2. The number of benzene rings is 1. The van der Waals surface area contributed by atoms with Gasteiger partial charge in [0.25, 0.3) is 0 Å². The molecule has 2 rings (SSSR count). The molecule has 1 N–H and O–H groups in total. The summed E-state index contributed by atoms with van der Waals surface area (Å²) in [5.74, 6) is 2.45. The van der Waals surface area contributed by atoms with E-state index in [0.29, 0.717) is 12.5 Å². The highest BCUT2D eigenvalue weighted by molar-refractivity contribution is 9.10. The van der Waals surface area contributed by atoms with Gasteiger partial charge in [0.05, 0.1) is 0 Å². The van der Waals surface area contributed by atoms with E-state index >= 15 is 0 Å². The van der Waals surface area contributed by atoms with E-state index in [1.54, 1.807) is 0 Å². The zero-order valence-electron chi connectivity index (χ0n) is 12.6. The van der Waals surface area contributed by atoms with Gasteiger partial charge in [-0.3, -0.25) is 0 Å². The van der Waals surface area contributed by atoms with Crippen LogP contribution in [0.15, 0.2) is 34.8 Å². The Labute approximate surface area is 134 Å². The van der Waals surface area contributed by atoms with Crippen molar-refractivity contribution in [1.82, 2.24) is 9.97 Å². The zero-order valence-corrected chi connectivity index (χ0v) is 14.1. The highest BCUT2D eigenvalue weighted by atomic mass is 79.9. The molecule has 5 heteroatoms. The van der Waals surface area contributed by atoms with E-state index < -0.39 is 0 Å². The maximum atomic E-state index is 5.83. The van der Waals surface area contributed by atoms with E-state index in [4.69, 9.17) is 4.74 Å². The Morgan fingerprint density at radius 3 is 2.67 bits per heavy atom. The van der Waals surface area contributed by atoms with Gasteiger partial charge < -0.3 is 10.1 Å². The highest BCUT2D eigenvalue weighted by Crippen LogP contribution is 2.21. The van der Waals surface area contributed by atoms with E-state index in [9.17, 15) is 0 Å². The molecule has 0 atom stereocenters. The van der Waals surface area contributed by atoms with Crippen LogP contribution < -0.4 is 10.1 Å².